The summed E-state index contributed by atoms with van der Waals surface area (Å²) in [6.45, 7) is 0.620. The first-order chi connectivity index (χ1) is 13.3. The van der Waals surface area contributed by atoms with E-state index in [2.05, 4.69) is 22.9 Å². The van der Waals surface area contributed by atoms with Gasteiger partial charge in [0.2, 0.25) is 0 Å². The van der Waals surface area contributed by atoms with Gasteiger partial charge in [-0.25, -0.2) is 3.63 Å². The predicted molar refractivity (Wildman–Crippen MR) is 120 cm³/mol. The maximum atomic E-state index is 8.79. The molecule has 0 saturated heterocycles. The van der Waals surface area contributed by atoms with Crippen LogP contribution in [0.1, 0.15) is 62.5 Å². The second kappa shape index (κ2) is 14.9. The molecule has 0 aliphatic heterocycles. The summed E-state index contributed by atoms with van der Waals surface area (Å²) in [7, 11) is 0. The lowest BCUT2D eigenvalue weighted by Crippen LogP contribution is -1.86. The van der Waals surface area contributed by atoms with E-state index >= 15 is 0 Å². The largest absolute Gasteiger partial charge is 0.396 e. The maximum Gasteiger partial charge on any atom is 0.0891 e. The number of aryl methyl sites for hydroxylation is 2. The Balaban J connectivity index is 1.58. The molecule has 0 radical (unpaired) electrons. The Bertz CT molecular complexity index is 560. The first-order valence-corrected chi connectivity index (χ1v) is 12.9. The number of hydrogen-bond acceptors (Lipinski definition) is 7. The van der Waals surface area contributed by atoms with Crippen molar-refractivity contribution in [1.29, 1.82) is 0 Å². The molecule has 0 amide bonds. The van der Waals surface area contributed by atoms with Crippen LogP contribution < -0.4 is 0 Å². The van der Waals surface area contributed by atoms with Crippen LogP contribution in [-0.2, 0) is 16.5 Å². The van der Waals surface area contributed by atoms with E-state index < -0.39 is 0 Å². The van der Waals surface area contributed by atoms with E-state index in [-0.39, 0.29) is 0 Å². The van der Waals surface area contributed by atoms with Crippen LogP contribution in [0.15, 0.2) is 31.3 Å². The van der Waals surface area contributed by atoms with Crippen LogP contribution in [0, 0.1) is 0 Å². The molecule has 152 valence electrons. The Labute approximate surface area is 180 Å². The molecule has 2 heterocycles. The highest BCUT2D eigenvalue weighted by Crippen LogP contribution is 2.36. The fourth-order valence-corrected chi connectivity index (χ4v) is 6.25. The van der Waals surface area contributed by atoms with Crippen LogP contribution in [0.25, 0.3) is 0 Å². The molecule has 7 heteroatoms. The molecule has 0 fully saturated rings. The van der Waals surface area contributed by atoms with Crippen molar-refractivity contribution in [3.63, 3.8) is 0 Å². The average Bonchev–Trinajstić information content (AvgIpc) is 3.31. The van der Waals surface area contributed by atoms with Crippen molar-refractivity contribution in [3.8, 4) is 0 Å². The molecule has 0 aliphatic rings. The maximum absolute atomic E-state index is 8.79. The van der Waals surface area contributed by atoms with E-state index in [4.69, 9.17) is 13.8 Å². The van der Waals surface area contributed by atoms with Gasteiger partial charge in [-0.15, -0.1) is 22.7 Å². The monoisotopic (exact) mass is 446 g/mol. The van der Waals surface area contributed by atoms with Crippen LogP contribution in [0.3, 0.4) is 0 Å². The molecule has 0 aromatic carbocycles. The van der Waals surface area contributed by atoms with Gasteiger partial charge in [0.1, 0.15) is 0 Å². The van der Waals surface area contributed by atoms with Gasteiger partial charge in [-0.3, -0.25) is 0 Å². The summed E-state index contributed by atoms with van der Waals surface area (Å²) in [6.07, 6.45) is 11.1. The third kappa shape index (κ3) is 10.4. The molecule has 2 aromatic rings. The third-order valence-corrected chi connectivity index (χ3v) is 7.87. The molecule has 0 spiro atoms. The Hall–Kier alpha value is -0.0200. The molecule has 0 atom stereocenters. The fraction of sp³-hybridized carbons (Fsp3) is 0.600. The Morgan fingerprint density at radius 2 is 1.11 bits per heavy atom. The average molecular weight is 447 g/mol. The lowest BCUT2D eigenvalue weighted by Gasteiger charge is -1.99. The van der Waals surface area contributed by atoms with E-state index in [1.54, 1.807) is 22.7 Å². The van der Waals surface area contributed by atoms with Crippen molar-refractivity contribution in [3.05, 3.63) is 34.0 Å². The van der Waals surface area contributed by atoms with Crippen LogP contribution in [0.2, 0.25) is 0 Å². The normalized spacial score (nSPS) is 11.3. The Morgan fingerprint density at radius 3 is 1.56 bits per heavy atom. The minimum Gasteiger partial charge on any atom is -0.396 e. The Kier molecular flexibility index (Phi) is 12.8. The van der Waals surface area contributed by atoms with Crippen LogP contribution in [0.5, 0.6) is 0 Å². The van der Waals surface area contributed by atoms with Gasteiger partial charge in [-0.05, 0) is 72.5 Å². The van der Waals surface area contributed by atoms with Gasteiger partial charge in [0.15, 0.2) is 0 Å². The smallest absolute Gasteiger partial charge is 0.0891 e. The second-order valence-electron chi connectivity index (χ2n) is 6.56. The quantitative estimate of drug-likeness (QED) is 0.221. The van der Waals surface area contributed by atoms with Crippen molar-refractivity contribution in [2.45, 2.75) is 72.6 Å². The molecular formula is C20H30O3S4. The van der Waals surface area contributed by atoms with Crippen LogP contribution in [0.4, 0.5) is 0 Å². The molecule has 2 rings (SSSR count). The minimum absolute atomic E-state index is 0.310. The van der Waals surface area contributed by atoms with Gasteiger partial charge in [-0.2, -0.15) is 0 Å². The van der Waals surface area contributed by atoms with Crippen LogP contribution >= 0.6 is 46.8 Å². The zero-order valence-corrected chi connectivity index (χ0v) is 19.0. The van der Waals surface area contributed by atoms with E-state index in [0.717, 1.165) is 38.5 Å². The zero-order chi connectivity index (χ0) is 19.2. The number of aliphatic hydroxyl groups is 2. The molecule has 0 unspecified atom stereocenters. The zero-order valence-electron chi connectivity index (χ0n) is 15.7. The fourth-order valence-electron chi connectivity index (χ4n) is 2.73. The summed E-state index contributed by atoms with van der Waals surface area (Å²) >= 11 is 6.39. The molecule has 3 nitrogen and oxygen atoms in total. The molecule has 0 bridgehead atoms. The summed E-state index contributed by atoms with van der Waals surface area (Å²) in [6, 6.07) is 4.46. The predicted octanol–water partition coefficient (Wildman–Crippen LogP) is 6.73. The van der Waals surface area contributed by atoms with Crippen LogP contribution in [-0.4, -0.2) is 23.4 Å². The number of rotatable bonds is 16. The van der Waals surface area contributed by atoms with Crippen molar-refractivity contribution < 1.29 is 13.8 Å². The highest BCUT2D eigenvalue weighted by molar-refractivity contribution is 8.09. The van der Waals surface area contributed by atoms with Gasteiger partial charge in [0, 0.05) is 13.2 Å². The molecule has 0 saturated carbocycles. The first-order valence-electron chi connectivity index (χ1n) is 9.69. The van der Waals surface area contributed by atoms with Crippen molar-refractivity contribution in [2.75, 3.05) is 13.2 Å². The summed E-state index contributed by atoms with van der Waals surface area (Å²) in [5.74, 6) is 0. The van der Waals surface area contributed by atoms with E-state index in [1.807, 2.05) is 0 Å². The summed E-state index contributed by atoms with van der Waals surface area (Å²) in [5.41, 5.74) is 2.78. The molecular weight excluding hydrogens is 416 g/mol. The summed E-state index contributed by atoms with van der Waals surface area (Å²) < 4.78 is 8.15. The van der Waals surface area contributed by atoms with Crippen molar-refractivity contribution >= 4 is 46.8 Å². The lowest BCUT2D eigenvalue weighted by atomic mass is 10.1. The minimum atomic E-state index is 0.310. The number of hydrogen-bond donors (Lipinski definition) is 2. The number of aliphatic hydroxyl groups excluding tert-OH is 2. The third-order valence-electron chi connectivity index (χ3n) is 4.24. The standard InChI is InChI=1S/C20H30O3S4/c21-11-7-3-1-5-9-17-13-19(24-15-17)26-23-27-20-14-18(16-25-20)10-6-2-4-8-12-22/h13-16,21-22H,1-12H2. The van der Waals surface area contributed by atoms with Gasteiger partial charge in [0.25, 0.3) is 0 Å². The van der Waals surface area contributed by atoms with E-state index in [1.165, 1.54) is 69.3 Å². The second-order valence-corrected chi connectivity index (χ2v) is 10.7. The molecule has 27 heavy (non-hydrogen) atoms. The lowest BCUT2D eigenvalue weighted by molar-refractivity contribution is 0.282. The highest BCUT2D eigenvalue weighted by atomic mass is 32.3. The van der Waals surface area contributed by atoms with Gasteiger partial charge in [-0.1, -0.05) is 25.7 Å². The van der Waals surface area contributed by atoms with Gasteiger partial charge >= 0.3 is 0 Å². The molecule has 0 aliphatic carbocycles. The van der Waals surface area contributed by atoms with E-state index in [0.29, 0.717) is 13.2 Å². The SMILES string of the molecule is OCCCCCCc1csc(SOSc2cc(CCCCCCO)cs2)c1. The molecule has 2 aromatic heterocycles. The number of thiophene rings is 2. The number of unbranched alkanes of at least 4 members (excludes halogenated alkanes) is 6. The summed E-state index contributed by atoms with van der Waals surface area (Å²) in [5, 5.41) is 22.0. The summed E-state index contributed by atoms with van der Waals surface area (Å²) in [4.78, 5) is 0. The molecule has 2 N–H and O–H groups in total. The Morgan fingerprint density at radius 1 is 0.667 bits per heavy atom. The van der Waals surface area contributed by atoms with Crippen molar-refractivity contribution in [1.82, 2.24) is 0 Å². The topological polar surface area (TPSA) is 49.7 Å². The van der Waals surface area contributed by atoms with Gasteiger partial charge in [0.05, 0.1) is 32.5 Å². The van der Waals surface area contributed by atoms with Crippen molar-refractivity contribution in [2.24, 2.45) is 0 Å². The van der Waals surface area contributed by atoms with E-state index in [9.17, 15) is 0 Å². The first kappa shape index (κ1) is 23.3. The highest BCUT2D eigenvalue weighted by Gasteiger charge is 2.05. The van der Waals surface area contributed by atoms with Gasteiger partial charge < -0.3 is 10.2 Å².